The molecule has 7 heteroatoms. The van der Waals surface area contributed by atoms with Crippen LogP contribution in [0.3, 0.4) is 0 Å². The maximum atomic E-state index is 13.0. The molecule has 0 unspecified atom stereocenters. The van der Waals surface area contributed by atoms with Crippen molar-refractivity contribution in [3.63, 3.8) is 0 Å². The quantitative estimate of drug-likeness (QED) is 0.242. The molecule has 0 bridgehead atoms. The normalized spacial score (nSPS) is 14.8. The lowest BCUT2D eigenvalue weighted by atomic mass is 10.1. The molecule has 5 rings (SSSR count). The van der Waals surface area contributed by atoms with Crippen molar-refractivity contribution in [1.29, 1.82) is 0 Å². The molecule has 0 aliphatic carbocycles. The van der Waals surface area contributed by atoms with E-state index < -0.39 is 0 Å². The monoisotopic (exact) mass is 519 g/mol. The molecule has 1 fully saturated rings. The molecule has 0 aromatic heterocycles. The molecule has 4 aromatic carbocycles. The van der Waals surface area contributed by atoms with Crippen molar-refractivity contribution in [3.05, 3.63) is 117 Å². The summed E-state index contributed by atoms with van der Waals surface area (Å²) in [5.41, 5.74) is 2.49. The number of ether oxygens (including phenoxy) is 1. The summed E-state index contributed by atoms with van der Waals surface area (Å²) in [4.78, 5) is 27.3. The number of nitrogens with zero attached hydrogens (tertiary/aromatic N) is 1. The van der Waals surface area contributed by atoms with Gasteiger partial charge in [0.2, 0.25) is 0 Å². The van der Waals surface area contributed by atoms with Gasteiger partial charge >= 0.3 is 0 Å². The van der Waals surface area contributed by atoms with Crippen LogP contribution in [-0.4, -0.2) is 16.0 Å². The molecule has 0 spiro atoms. The molecule has 2 amide bonds. The summed E-state index contributed by atoms with van der Waals surface area (Å²) in [6, 6.07) is 26.6. The van der Waals surface area contributed by atoms with Gasteiger partial charge in [0.05, 0.1) is 11.4 Å². The minimum Gasteiger partial charge on any atom is -0.489 e. The zero-order valence-electron chi connectivity index (χ0n) is 18.4. The number of carbonyl (C=O) groups excluding carboxylic acids is 2. The average molecular weight is 520 g/mol. The topological polar surface area (TPSA) is 46.6 Å². The van der Waals surface area contributed by atoms with Gasteiger partial charge in [-0.25, -0.2) is 0 Å². The number of fused-ring (bicyclic) bond motifs is 1. The van der Waals surface area contributed by atoms with Crippen LogP contribution in [0.15, 0.2) is 89.8 Å². The van der Waals surface area contributed by atoms with Gasteiger partial charge in [0.25, 0.3) is 11.1 Å². The van der Waals surface area contributed by atoms with Gasteiger partial charge in [-0.2, -0.15) is 0 Å². The zero-order valence-corrected chi connectivity index (χ0v) is 20.7. The van der Waals surface area contributed by atoms with Crippen molar-refractivity contribution < 1.29 is 14.3 Å². The molecule has 1 heterocycles. The van der Waals surface area contributed by atoms with E-state index in [0.717, 1.165) is 39.2 Å². The number of hydrogen-bond acceptors (Lipinski definition) is 4. The molecule has 1 aliphatic heterocycles. The molecule has 4 nitrogen and oxygen atoms in total. The van der Waals surface area contributed by atoms with Crippen LogP contribution in [0, 0.1) is 0 Å². The molecule has 35 heavy (non-hydrogen) atoms. The number of hydrogen-bond donors (Lipinski definition) is 0. The van der Waals surface area contributed by atoms with E-state index in [9.17, 15) is 9.59 Å². The highest BCUT2D eigenvalue weighted by molar-refractivity contribution is 8.18. The van der Waals surface area contributed by atoms with E-state index >= 15 is 0 Å². The Morgan fingerprint density at radius 3 is 2.51 bits per heavy atom. The number of imide groups is 1. The fraction of sp³-hybridized carbons (Fsp3) is 0.0714. The van der Waals surface area contributed by atoms with E-state index in [1.54, 1.807) is 18.2 Å². The van der Waals surface area contributed by atoms with E-state index in [2.05, 4.69) is 0 Å². The van der Waals surface area contributed by atoms with Crippen molar-refractivity contribution in [2.24, 2.45) is 0 Å². The molecule has 174 valence electrons. The summed E-state index contributed by atoms with van der Waals surface area (Å²) in [6.07, 6.45) is 1.72. The molecule has 0 saturated carbocycles. The van der Waals surface area contributed by atoms with Crippen LogP contribution in [0.2, 0.25) is 10.0 Å². The third-order valence-electron chi connectivity index (χ3n) is 5.59. The minimum atomic E-state index is -0.299. The lowest BCUT2D eigenvalue weighted by Crippen LogP contribution is -2.27. The van der Waals surface area contributed by atoms with Crippen molar-refractivity contribution >= 4 is 63.0 Å². The number of amides is 2. The third kappa shape index (κ3) is 5.38. The van der Waals surface area contributed by atoms with E-state index in [1.165, 1.54) is 4.90 Å². The van der Waals surface area contributed by atoms with Crippen LogP contribution in [0.25, 0.3) is 16.8 Å². The SMILES string of the molecule is O=C1S/C(=C\c2cccc(OCc3ccc(Cl)cc3Cl)c2)C(=O)N1Cc1ccc2ccccc2c1. The second-order valence-corrected chi connectivity index (χ2v) is 9.88. The standard InChI is InChI=1S/C28H19Cl2NO3S/c29-23-11-10-22(25(30)15-23)17-34-24-7-3-4-18(13-24)14-26-27(32)31(28(33)35-26)16-19-8-9-20-5-1-2-6-21(20)12-19/h1-15H,16-17H2/b26-14-. The first kappa shape index (κ1) is 23.5. The van der Waals surface area contributed by atoms with Crippen LogP contribution in [0.5, 0.6) is 5.75 Å². The predicted molar refractivity (Wildman–Crippen MR) is 143 cm³/mol. The summed E-state index contributed by atoms with van der Waals surface area (Å²) in [5, 5.41) is 3.01. The van der Waals surface area contributed by atoms with Gasteiger partial charge in [-0.3, -0.25) is 14.5 Å². The molecule has 0 atom stereocenters. The minimum absolute atomic E-state index is 0.234. The average Bonchev–Trinajstić information content (AvgIpc) is 3.11. The Hall–Kier alpha value is -3.25. The Balaban J connectivity index is 1.29. The van der Waals surface area contributed by atoms with E-state index in [1.807, 2.05) is 72.8 Å². The van der Waals surface area contributed by atoms with Crippen LogP contribution >= 0.6 is 35.0 Å². The summed E-state index contributed by atoms with van der Waals surface area (Å²) in [5.74, 6) is 0.326. The lowest BCUT2D eigenvalue weighted by molar-refractivity contribution is -0.123. The molecule has 1 aliphatic rings. The highest BCUT2D eigenvalue weighted by Gasteiger charge is 2.35. The van der Waals surface area contributed by atoms with Crippen LogP contribution in [-0.2, 0) is 17.9 Å². The molecular formula is C28H19Cl2NO3S. The Morgan fingerprint density at radius 1 is 0.857 bits per heavy atom. The molecule has 0 radical (unpaired) electrons. The number of halogens is 2. The summed E-state index contributed by atoms with van der Waals surface area (Å²) >= 11 is 13.1. The maximum Gasteiger partial charge on any atom is 0.293 e. The number of thioether (sulfide) groups is 1. The Morgan fingerprint density at radius 2 is 1.69 bits per heavy atom. The van der Waals surface area contributed by atoms with E-state index in [0.29, 0.717) is 20.7 Å². The highest BCUT2D eigenvalue weighted by Crippen LogP contribution is 2.34. The third-order valence-corrected chi connectivity index (χ3v) is 7.09. The first-order chi connectivity index (χ1) is 17.0. The number of carbonyl (C=O) groups is 2. The zero-order chi connectivity index (χ0) is 24.4. The Labute approximate surface area is 217 Å². The lowest BCUT2D eigenvalue weighted by Gasteiger charge is -2.13. The first-order valence-electron chi connectivity index (χ1n) is 10.9. The van der Waals surface area contributed by atoms with Gasteiger partial charge < -0.3 is 4.74 Å². The summed E-state index contributed by atoms with van der Waals surface area (Å²) < 4.78 is 5.88. The van der Waals surface area contributed by atoms with Crippen LogP contribution in [0.1, 0.15) is 16.7 Å². The van der Waals surface area contributed by atoms with Crippen molar-refractivity contribution in [1.82, 2.24) is 4.90 Å². The smallest absolute Gasteiger partial charge is 0.293 e. The summed E-state index contributed by atoms with van der Waals surface area (Å²) in [7, 11) is 0. The Bertz CT molecular complexity index is 1480. The number of rotatable bonds is 6. The van der Waals surface area contributed by atoms with Gasteiger partial charge in [-0.15, -0.1) is 0 Å². The second kappa shape index (κ2) is 10.2. The fourth-order valence-electron chi connectivity index (χ4n) is 3.80. The number of benzene rings is 4. The highest BCUT2D eigenvalue weighted by atomic mass is 35.5. The molecular weight excluding hydrogens is 501 g/mol. The van der Waals surface area contributed by atoms with Gasteiger partial charge in [0.15, 0.2) is 0 Å². The van der Waals surface area contributed by atoms with Crippen LogP contribution < -0.4 is 4.74 Å². The van der Waals surface area contributed by atoms with Crippen molar-refractivity contribution in [3.8, 4) is 5.75 Å². The largest absolute Gasteiger partial charge is 0.489 e. The second-order valence-electron chi connectivity index (χ2n) is 8.05. The molecule has 1 saturated heterocycles. The molecule has 0 N–H and O–H groups in total. The van der Waals surface area contributed by atoms with E-state index in [4.69, 9.17) is 27.9 Å². The van der Waals surface area contributed by atoms with Crippen LogP contribution in [0.4, 0.5) is 4.79 Å². The fourth-order valence-corrected chi connectivity index (χ4v) is 5.10. The van der Waals surface area contributed by atoms with Crippen molar-refractivity contribution in [2.45, 2.75) is 13.2 Å². The first-order valence-corrected chi connectivity index (χ1v) is 12.4. The van der Waals surface area contributed by atoms with Gasteiger partial charge in [0.1, 0.15) is 12.4 Å². The van der Waals surface area contributed by atoms with E-state index in [-0.39, 0.29) is 24.3 Å². The van der Waals surface area contributed by atoms with Gasteiger partial charge in [-0.05, 0) is 70.1 Å². The maximum absolute atomic E-state index is 13.0. The van der Waals surface area contributed by atoms with Crippen molar-refractivity contribution in [2.75, 3.05) is 0 Å². The van der Waals surface area contributed by atoms with Gasteiger partial charge in [0, 0.05) is 15.6 Å². The van der Waals surface area contributed by atoms with Gasteiger partial charge in [-0.1, -0.05) is 77.8 Å². The molecule has 4 aromatic rings. The predicted octanol–water partition coefficient (Wildman–Crippen LogP) is 7.96. The Kier molecular flexibility index (Phi) is 6.82. The summed E-state index contributed by atoms with van der Waals surface area (Å²) in [6.45, 7) is 0.513.